The first kappa shape index (κ1) is 14.7. The first-order chi connectivity index (χ1) is 10.2. The van der Waals surface area contributed by atoms with E-state index < -0.39 is 11.5 Å². The van der Waals surface area contributed by atoms with Crippen molar-refractivity contribution in [3.05, 3.63) is 57.9 Å². The van der Waals surface area contributed by atoms with Crippen LogP contribution in [0.15, 0.2) is 36.7 Å². The molecule has 0 aliphatic rings. The van der Waals surface area contributed by atoms with Crippen molar-refractivity contribution in [3.8, 4) is 11.5 Å². The number of aliphatic hydroxyl groups is 1. The minimum absolute atomic E-state index is 0.174. The Balaban J connectivity index is 2.29. The first-order valence-electron chi connectivity index (χ1n) is 6.13. The molecule has 0 bridgehead atoms. The Morgan fingerprint density at radius 3 is 2.57 bits per heavy atom. The molecule has 21 heavy (non-hydrogen) atoms. The van der Waals surface area contributed by atoms with E-state index in [0.717, 1.165) is 5.56 Å². The summed E-state index contributed by atoms with van der Waals surface area (Å²) in [6, 6.07) is 6.22. The lowest BCUT2D eigenvalue weighted by atomic mass is 10.1. The summed E-state index contributed by atoms with van der Waals surface area (Å²) < 4.78 is 10.7. The van der Waals surface area contributed by atoms with Gasteiger partial charge < -0.3 is 14.6 Å². The lowest BCUT2D eigenvalue weighted by Gasteiger charge is -2.12. The number of pyridine rings is 1. The molecule has 2 rings (SSSR count). The predicted molar refractivity (Wildman–Crippen MR) is 74.1 cm³/mol. The molecule has 0 aliphatic carbocycles. The number of benzene rings is 1. The van der Waals surface area contributed by atoms with Gasteiger partial charge in [0, 0.05) is 12.4 Å². The van der Waals surface area contributed by atoms with Gasteiger partial charge in [-0.15, -0.1) is 0 Å². The number of hydrogen-bond acceptors (Lipinski definition) is 6. The molecule has 0 fully saturated rings. The molecule has 1 aromatic heterocycles. The van der Waals surface area contributed by atoms with Crippen molar-refractivity contribution in [2.45, 2.75) is 13.2 Å². The third-order valence-corrected chi connectivity index (χ3v) is 2.88. The normalized spacial score (nSPS) is 10.2. The Labute approximate surface area is 120 Å². The van der Waals surface area contributed by atoms with Gasteiger partial charge in [-0.25, -0.2) is 0 Å². The Kier molecular flexibility index (Phi) is 4.68. The van der Waals surface area contributed by atoms with E-state index >= 15 is 0 Å². The summed E-state index contributed by atoms with van der Waals surface area (Å²) in [5.74, 6) is 0.580. The molecule has 0 saturated heterocycles. The van der Waals surface area contributed by atoms with Gasteiger partial charge in [0.25, 0.3) is 5.69 Å². The number of nitro benzene ring substituents is 1. The molecule has 0 unspecified atom stereocenters. The minimum atomic E-state index is -0.565. The van der Waals surface area contributed by atoms with Crippen molar-refractivity contribution < 1.29 is 19.5 Å². The Hall–Kier alpha value is -2.67. The van der Waals surface area contributed by atoms with E-state index in [4.69, 9.17) is 9.47 Å². The van der Waals surface area contributed by atoms with Crippen LogP contribution in [0.2, 0.25) is 0 Å². The second-order valence-corrected chi connectivity index (χ2v) is 4.19. The van der Waals surface area contributed by atoms with Crippen molar-refractivity contribution >= 4 is 5.69 Å². The minimum Gasteiger partial charge on any atom is -0.493 e. The van der Waals surface area contributed by atoms with E-state index in [1.54, 1.807) is 24.5 Å². The lowest BCUT2D eigenvalue weighted by molar-refractivity contribution is -0.386. The molecule has 110 valence electrons. The Morgan fingerprint density at radius 1 is 1.29 bits per heavy atom. The molecule has 2 aromatic rings. The maximum Gasteiger partial charge on any atom is 0.278 e. The van der Waals surface area contributed by atoms with Gasteiger partial charge in [0.05, 0.1) is 30.3 Å². The zero-order valence-electron chi connectivity index (χ0n) is 11.4. The topological polar surface area (TPSA) is 94.7 Å². The highest BCUT2D eigenvalue weighted by Gasteiger charge is 2.19. The number of nitro groups is 1. The lowest BCUT2D eigenvalue weighted by Crippen LogP contribution is -2.02. The van der Waals surface area contributed by atoms with E-state index in [1.807, 2.05) is 0 Å². The molecule has 0 radical (unpaired) electrons. The molecular formula is C14H14N2O5. The summed E-state index contributed by atoms with van der Waals surface area (Å²) in [5.41, 5.74) is 0.845. The molecule has 0 aliphatic heterocycles. The largest absolute Gasteiger partial charge is 0.493 e. The standard InChI is InChI=1S/C14H14N2O5/c1-20-13-6-11(8-17)12(16(18)19)7-14(13)21-9-10-2-4-15-5-3-10/h2-7,17H,8-9H2,1H3. The fourth-order valence-corrected chi connectivity index (χ4v) is 1.80. The average molecular weight is 290 g/mol. The van der Waals surface area contributed by atoms with Crippen molar-refractivity contribution in [1.29, 1.82) is 0 Å². The van der Waals surface area contributed by atoms with Gasteiger partial charge in [-0.2, -0.15) is 0 Å². The Bertz CT molecular complexity index is 631. The molecule has 7 nitrogen and oxygen atoms in total. The van der Waals surface area contributed by atoms with Crippen LogP contribution in [0, 0.1) is 10.1 Å². The maximum absolute atomic E-state index is 11.0. The summed E-state index contributed by atoms with van der Waals surface area (Å²) in [6.45, 7) is -0.216. The van der Waals surface area contributed by atoms with Gasteiger partial charge >= 0.3 is 0 Å². The third kappa shape index (κ3) is 3.46. The molecular weight excluding hydrogens is 276 g/mol. The molecule has 0 spiro atoms. The molecule has 0 atom stereocenters. The van der Waals surface area contributed by atoms with Crippen LogP contribution in [-0.4, -0.2) is 22.1 Å². The summed E-state index contributed by atoms with van der Waals surface area (Å²) in [5, 5.41) is 20.2. The summed E-state index contributed by atoms with van der Waals surface area (Å²) in [7, 11) is 1.43. The van der Waals surface area contributed by atoms with Gasteiger partial charge in [0.1, 0.15) is 6.61 Å². The fourth-order valence-electron chi connectivity index (χ4n) is 1.80. The van der Waals surface area contributed by atoms with Crippen LogP contribution in [0.3, 0.4) is 0 Å². The van der Waals surface area contributed by atoms with E-state index in [0.29, 0.717) is 5.75 Å². The SMILES string of the molecule is COc1cc(CO)c([N+](=O)[O-])cc1OCc1ccncc1. The monoisotopic (exact) mass is 290 g/mol. The highest BCUT2D eigenvalue weighted by Crippen LogP contribution is 2.35. The van der Waals surface area contributed by atoms with E-state index in [-0.39, 0.29) is 23.6 Å². The van der Waals surface area contributed by atoms with E-state index in [9.17, 15) is 15.2 Å². The number of methoxy groups -OCH3 is 1. The van der Waals surface area contributed by atoms with Crippen LogP contribution in [0.4, 0.5) is 5.69 Å². The Morgan fingerprint density at radius 2 is 2.00 bits per heavy atom. The number of ether oxygens (including phenoxy) is 2. The van der Waals surface area contributed by atoms with Crippen LogP contribution in [0.5, 0.6) is 11.5 Å². The highest BCUT2D eigenvalue weighted by molar-refractivity contribution is 5.54. The van der Waals surface area contributed by atoms with Gasteiger partial charge in [0.15, 0.2) is 11.5 Å². The summed E-state index contributed by atoms with van der Waals surface area (Å²) in [6.07, 6.45) is 3.26. The number of aromatic nitrogens is 1. The summed E-state index contributed by atoms with van der Waals surface area (Å²) >= 11 is 0. The smallest absolute Gasteiger partial charge is 0.278 e. The van der Waals surface area contributed by atoms with Gasteiger partial charge in [-0.05, 0) is 23.8 Å². The van der Waals surface area contributed by atoms with Crippen molar-refractivity contribution in [2.75, 3.05) is 7.11 Å². The van der Waals surface area contributed by atoms with Crippen LogP contribution in [0.25, 0.3) is 0 Å². The number of rotatable bonds is 6. The van der Waals surface area contributed by atoms with E-state index in [1.165, 1.54) is 19.2 Å². The van der Waals surface area contributed by atoms with Crippen molar-refractivity contribution in [3.63, 3.8) is 0 Å². The fraction of sp³-hybridized carbons (Fsp3) is 0.214. The highest BCUT2D eigenvalue weighted by atomic mass is 16.6. The van der Waals surface area contributed by atoms with E-state index in [2.05, 4.69) is 4.98 Å². The molecule has 0 saturated carbocycles. The van der Waals surface area contributed by atoms with Crippen LogP contribution in [0.1, 0.15) is 11.1 Å². The van der Waals surface area contributed by atoms with Crippen LogP contribution >= 0.6 is 0 Å². The molecule has 0 amide bonds. The zero-order chi connectivity index (χ0) is 15.2. The second kappa shape index (κ2) is 6.67. The quantitative estimate of drug-likeness (QED) is 0.646. The van der Waals surface area contributed by atoms with Crippen LogP contribution in [-0.2, 0) is 13.2 Å². The van der Waals surface area contributed by atoms with Crippen LogP contribution < -0.4 is 9.47 Å². The molecule has 1 aromatic carbocycles. The predicted octanol–water partition coefficient (Wildman–Crippen LogP) is 2.07. The third-order valence-electron chi connectivity index (χ3n) is 2.88. The van der Waals surface area contributed by atoms with Crippen molar-refractivity contribution in [1.82, 2.24) is 4.98 Å². The number of aliphatic hydroxyl groups excluding tert-OH is 1. The first-order valence-corrected chi connectivity index (χ1v) is 6.13. The number of nitrogens with zero attached hydrogens (tertiary/aromatic N) is 2. The van der Waals surface area contributed by atoms with Crippen molar-refractivity contribution in [2.24, 2.45) is 0 Å². The molecule has 7 heteroatoms. The number of hydrogen-bond donors (Lipinski definition) is 1. The summed E-state index contributed by atoms with van der Waals surface area (Å²) in [4.78, 5) is 14.3. The maximum atomic E-state index is 11.0. The molecule has 1 heterocycles. The zero-order valence-corrected chi connectivity index (χ0v) is 11.4. The van der Waals surface area contributed by atoms with Gasteiger partial charge in [-0.3, -0.25) is 15.1 Å². The van der Waals surface area contributed by atoms with Gasteiger partial charge in [0.2, 0.25) is 0 Å². The molecule has 1 N–H and O–H groups in total. The average Bonchev–Trinajstić information content (AvgIpc) is 2.52. The second-order valence-electron chi connectivity index (χ2n) is 4.19. The van der Waals surface area contributed by atoms with Gasteiger partial charge in [-0.1, -0.05) is 0 Å².